The van der Waals surface area contributed by atoms with Crippen LogP contribution in [0.5, 0.6) is 0 Å². The molecule has 1 saturated heterocycles. The lowest BCUT2D eigenvalue weighted by molar-refractivity contribution is -0.148. The van der Waals surface area contributed by atoms with Crippen molar-refractivity contribution in [3.8, 4) is 0 Å². The summed E-state index contributed by atoms with van der Waals surface area (Å²) < 4.78 is 0. The van der Waals surface area contributed by atoms with Crippen LogP contribution < -0.4 is 0 Å². The van der Waals surface area contributed by atoms with Gasteiger partial charge in [-0.15, -0.1) is 0 Å². The number of hydrogen-bond acceptors (Lipinski definition) is 2. The Hall–Kier alpha value is -1.26. The van der Waals surface area contributed by atoms with Crippen LogP contribution in [-0.2, 0) is 4.79 Å². The van der Waals surface area contributed by atoms with Gasteiger partial charge in [0.05, 0.1) is 5.41 Å². The minimum Gasteiger partial charge on any atom is -0.481 e. The molecule has 1 heterocycles. The first-order valence-electron chi connectivity index (χ1n) is 7.13. The highest BCUT2D eigenvalue weighted by Gasteiger charge is 2.45. The SMILES string of the molecule is CCN(CC(C)C)C(=O)N1CCC(CC)(C(=O)O)C1. The molecule has 1 atom stereocenters. The van der Waals surface area contributed by atoms with E-state index in [4.69, 9.17) is 0 Å². The first kappa shape index (κ1) is 15.8. The second-order valence-corrected chi connectivity index (χ2v) is 5.83. The average Bonchev–Trinajstić information content (AvgIpc) is 2.80. The average molecular weight is 270 g/mol. The summed E-state index contributed by atoms with van der Waals surface area (Å²) in [6, 6.07) is -0.0206. The van der Waals surface area contributed by atoms with E-state index in [0.717, 1.165) is 6.54 Å². The second-order valence-electron chi connectivity index (χ2n) is 5.83. The van der Waals surface area contributed by atoms with Gasteiger partial charge in [0.2, 0.25) is 0 Å². The normalized spacial score (nSPS) is 22.9. The van der Waals surface area contributed by atoms with Gasteiger partial charge in [0.25, 0.3) is 0 Å². The Morgan fingerprint density at radius 3 is 2.37 bits per heavy atom. The lowest BCUT2D eigenvalue weighted by Gasteiger charge is -2.29. The van der Waals surface area contributed by atoms with Gasteiger partial charge in [0.1, 0.15) is 0 Å². The number of aliphatic carboxylic acids is 1. The number of amides is 2. The molecule has 0 aromatic rings. The van der Waals surface area contributed by atoms with Crippen LogP contribution in [0.15, 0.2) is 0 Å². The fourth-order valence-electron chi connectivity index (χ4n) is 2.63. The van der Waals surface area contributed by atoms with Gasteiger partial charge in [-0.05, 0) is 25.7 Å². The van der Waals surface area contributed by atoms with E-state index in [1.54, 1.807) is 9.80 Å². The maximum absolute atomic E-state index is 12.4. The molecule has 5 heteroatoms. The highest BCUT2D eigenvalue weighted by atomic mass is 16.4. The summed E-state index contributed by atoms with van der Waals surface area (Å²) in [4.78, 5) is 27.3. The van der Waals surface area contributed by atoms with Crippen molar-refractivity contribution in [2.45, 2.75) is 40.5 Å². The number of carbonyl (C=O) groups is 2. The summed E-state index contributed by atoms with van der Waals surface area (Å²) in [6.45, 7) is 10.3. The van der Waals surface area contributed by atoms with Crippen molar-refractivity contribution in [3.63, 3.8) is 0 Å². The highest BCUT2D eigenvalue weighted by molar-refractivity contribution is 5.79. The Labute approximate surface area is 115 Å². The molecule has 19 heavy (non-hydrogen) atoms. The number of likely N-dealkylation sites (tertiary alicyclic amines) is 1. The fraction of sp³-hybridized carbons (Fsp3) is 0.857. The van der Waals surface area contributed by atoms with Gasteiger partial charge in [-0.3, -0.25) is 4.79 Å². The highest BCUT2D eigenvalue weighted by Crippen LogP contribution is 2.34. The molecular weight excluding hydrogens is 244 g/mol. The molecule has 0 saturated carbocycles. The molecule has 0 aromatic heterocycles. The number of urea groups is 1. The molecule has 1 rings (SSSR count). The van der Waals surface area contributed by atoms with Crippen molar-refractivity contribution in [2.75, 3.05) is 26.2 Å². The lowest BCUT2D eigenvalue weighted by Crippen LogP contribution is -2.45. The van der Waals surface area contributed by atoms with Gasteiger partial charge < -0.3 is 14.9 Å². The van der Waals surface area contributed by atoms with Crippen molar-refractivity contribution >= 4 is 12.0 Å². The summed E-state index contributed by atoms with van der Waals surface area (Å²) in [5, 5.41) is 9.35. The minimum absolute atomic E-state index is 0.0206. The molecule has 1 unspecified atom stereocenters. The van der Waals surface area contributed by atoms with Crippen LogP contribution >= 0.6 is 0 Å². The van der Waals surface area contributed by atoms with Crippen LogP contribution in [0, 0.1) is 11.3 Å². The molecule has 0 radical (unpaired) electrons. The first-order valence-corrected chi connectivity index (χ1v) is 7.13. The Balaban J connectivity index is 2.72. The molecule has 1 N–H and O–H groups in total. The van der Waals surface area contributed by atoms with Crippen LogP contribution in [0.25, 0.3) is 0 Å². The molecule has 110 valence electrons. The molecule has 0 spiro atoms. The van der Waals surface area contributed by atoms with E-state index < -0.39 is 11.4 Å². The number of rotatable bonds is 5. The number of carboxylic acid groups (broad SMARTS) is 1. The topological polar surface area (TPSA) is 60.9 Å². The quantitative estimate of drug-likeness (QED) is 0.833. The number of nitrogens with zero attached hydrogens (tertiary/aromatic N) is 2. The molecule has 1 fully saturated rings. The summed E-state index contributed by atoms with van der Waals surface area (Å²) >= 11 is 0. The molecule has 2 amide bonds. The molecule has 0 bridgehead atoms. The minimum atomic E-state index is -0.780. The monoisotopic (exact) mass is 270 g/mol. The van der Waals surface area contributed by atoms with Gasteiger partial charge in [0, 0.05) is 26.2 Å². The molecular formula is C14H26N2O3. The molecule has 5 nitrogen and oxygen atoms in total. The predicted octanol–water partition coefficient (Wildman–Crippen LogP) is 2.27. The second kappa shape index (κ2) is 6.26. The number of hydrogen-bond donors (Lipinski definition) is 1. The van der Waals surface area contributed by atoms with E-state index >= 15 is 0 Å². The van der Waals surface area contributed by atoms with Gasteiger partial charge in [-0.1, -0.05) is 20.8 Å². The Bertz CT molecular complexity index is 344. The lowest BCUT2D eigenvalue weighted by atomic mass is 9.84. The zero-order chi connectivity index (χ0) is 14.6. The molecule has 0 aromatic carbocycles. The summed E-state index contributed by atoms with van der Waals surface area (Å²) in [5.74, 6) is -0.362. The Kier molecular flexibility index (Phi) is 5.20. The summed E-state index contributed by atoms with van der Waals surface area (Å²) in [5.41, 5.74) is -0.743. The van der Waals surface area contributed by atoms with Crippen molar-refractivity contribution < 1.29 is 14.7 Å². The molecule has 0 aliphatic carbocycles. The third kappa shape index (κ3) is 3.39. The fourth-order valence-corrected chi connectivity index (χ4v) is 2.63. The van der Waals surface area contributed by atoms with E-state index in [1.807, 2.05) is 13.8 Å². The van der Waals surface area contributed by atoms with E-state index in [9.17, 15) is 14.7 Å². The van der Waals surface area contributed by atoms with Crippen LogP contribution in [-0.4, -0.2) is 53.1 Å². The van der Waals surface area contributed by atoms with Crippen LogP contribution in [0.1, 0.15) is 40.5 Å². The molecule has 1 aliphatic heterocycles. The van der Waals surface area contributed by atoms with Crippen molar-refractivity contribution in [2.24, 2.45) is 11.3 Å². The van der Waals surface area contributed by atoms with Crippen molar-refractivity contribution in [1.82, 2.24) is 9.80 Å². The zero-order valence-electron chi connectivity index (χ0n) is 12.5. The van der Waals surface area contributed by atoms with Gasteiger partial charge in [-0.25, -0.2) is 4.79 Å². The third-order valence-electron chi connectivity index (χ3n) is 3.99. The Morgan fingerprint density at radius 2 is 2.00 bits per heavy atom. The van der Waals surface area contributed by atoms with Crippen LogP contribution in [0.3, 0.4) is 0 Å². The van der Waals surface area contributed by atoms with Gasteiger partial charge >= 0.3 is 12.0 Å². The van der Waals surface area contributed by atoms with E-state index in [-0.39, 0.29) is 6.03 Å². The summed E-state index contributed by atoms with van der Waals surface area (Å²) in [7, 11) is 0. The summed E-state index contributed by atoms with van der Waals surface area (Å²) in [6.07, 6.45) is 1.13. The maximum atomic E-state index is 12.4. The van der Waals surface area contributed by atoms with E-state index in [0.29, 0.717) is 38.4 Å². The van der Waals surface area contributed by atoms with Crippen LogP contribution in [0.4, 0.5) is 4.79 Å². The van der Waals surface area contributed by atoms with E-state index in [2.05, 4.69) is 13.8 Å². The van der Waals surface area contributed by atoms with Crippen molar-refractivity contribution in [1.29, 1.82) is 0 Å². The Morgan fingerprint density at radius 1 is 1.37 bits per heavy atom. The van der Waals surface area contributed by atoms with E-state index in [1.165, 1.54) is 0 Å². The predicted molar refractivity (Wildman–Crippen MR) is 74.0 cm³/mol. The smallest absolute Gasteiger partial charge is 0.320 e. The first-order chi connectivity index (χ1) is 8.86. The largest absolute Gasteiger partial charge is 0.481 e. The van der Waals surface area contributed by atoms with Crippen molar-refractivity contribution in [3.05, 3.63) is 0 Å². The standard InChI is InChI=1S/C14H26N2O3/c1-5-14(12(17)18)7-8-16(10-14)13(19)15(6-2)9-11(3)4/h11H,5-10H2,1-4H3,(H,17,18). The molecule has 1 aliphatic rings. The maximum Gasteiger partial charge on any atom is 0.320 e. The van der Waals surface area contributed by atoms with Crippen LogP contribution in [0.2, 0.25) is 0 Å². The number of carboxylic acids is 1. The van der Waals surface area contributed by atoms with Gasteiger partial charge in [0.15, 0.2) is 0 Å². The third-order valence-corrected chi connectivity index (χ3v) is 3.99. The van der Waals surface area contributed by atoms with Gasteiger partial charge in [-0.2, -0.15) is 0 Å². The zero-order valence-corrected chi connectivity index (χ0v) is 12.5. The number of carbonyl (C=O) groups excluding carboxylic acids is 1.